The predicted octanol–water partition coefficient (Wildman–Crippen LogP) is 4.21. The minimum Gasteiger partial charge on any atom is -0.481 e. The second kappa shape index (κ2) is 11.1. The molecule has 1 aromatic heterocycles. The Kier molecular flexibility index (Phi) is 8.32. The lowest BCUT2D eigenvalue weighted by atomic mass is 10.2. The van der Waals surface area contributed by atoms with Crippen LogP contribution in [0, 0.1) is 12.8 Å². The van der Waals surface area contributed by atoms with Crippen molar-refractivity contribution in [2.24, 2.45) is 5.92 Å². The van der Waals surface area contributed by atoms with E-state index < -0.39 is 35.5 Å². The standard InChI is InChI=1S/C24H24ClF3N4O5/c1-13-10-18(8-9-19(13)37-15(3)24(26,27)28)29-21-30-22(35)32(11-14(2)20(33)34)23(36)31(21)12-16-4-6-17(25)7-5-16/h4-10,14-15H,11-12H2,1-3H3,(H,33,34)(H,29,30,35)/t14-,15?/m0/s1. The molecule has 0 aliphatic rings. The number of rotatable bonds is 9. The number of carboxylic acids is 1. The molecule has 37 heavy (non-hydrogen) atoms. The number of aromatic nitrogens is 3. The molecule has 0 amide bonds. The third-order valence-electron chi connectivity index (χ3n) is 5.48. The Morgan fingerprint density at radius 3 is 2.35 bits per heavy atom. The second-order valence-electron chi connectivity index (χ2n) is 8.47. The fourth-order valence-corrected chi connectivity index (χ4v) is 3.42. The molecule has 0 radical (unpaired) electrons. The minimum absolute atomic E-state index is 0.0139. The number of carbonyl (C=O) groups is 1. The Bertz CT molecular complexity index is 1400. The van der Waals surface area contributed by atoms with Crippen LogP contribution < -0.4 is 21.4 Å². The molecule has 1 heterocycles. The molecular formula is C24H24ClF3N4O5. The number of alkyl halides is 3. The molecule has 0 bridgehead atoms. The van der Waals surface area contributed by atoms with Crippen LogP contribution in [0.4, 0.5) is 24.8 Å². The second-order valence-corrected chi connectivity index (χ2v) is 8.91. The van der Waals surface area contributed by atoms with E-state index in [1.165, 1.54) is 25.1 Å². The molecule has 3 aromatic rings. The summed E-state index contributed by atoms with van der Waals surface area (Å²) in [6.45, 7) is 3.38. The lowest BCUT2D eigenvalue weighted by Gasteiger charge is -2.20. The van der Waals surface area contributed by atoms with E-state index >= 15 is 0 Å². The maximum absolute atomic E-state index is 13.3. The summed E-state index contributed by atoms with van der Waals surface area (Å²) < 4.78 is 45.5. The highest BCUT2D eigenvalue weighted by atomic mass is 35.5. The van der Waals surface area contributed by atoms with Crippen molar-refractivity contribution in [3.8, 4) is 5.75 Å². The van der Waals surface area contributed by atoms with Crippen molar-refractivity contribution in [3.63, 3.8) is 0 Å². The number of nitrogens with one attached hydrogen (secondary N) is 1. The van der Waals surface area contributed by atoms with Crippen molar-refractivity contribution in [1.29, 1.82) is 0 Å². The zero-order valence-electron chi connectivity index (χ0n) is 20.0. The van der Waals surface area contributed by atoms with E-state index in [4.69, 9.17) is 16.3 Å². The zero-order chi connectivity index (χ0) is 27.5. The number of aryl methyl sites for hydroxylation is 1. The van der Waals surface area contributed by atoms with Gasteiger partial charge >= 0.3 is 23.5 Å². The third-order valence-corrected chi connectivity index (χ3v) is 5.73. The van der Waals surface area contributed by atoms with Gasteiger partial charge in [-0.3, -0.25) is 9.36 Å². The fraction of sp³-hybridized carbons (Fsp3) is 0.333. The van der Waals surface area contributed by atoms with Crippen LogP contribution in [-0.4, -0.2) is 37.5 Å². The first-order valence-electron chi connectivity index (χ1n) is 11.1. The summed E-state index contributed by atoms with van der Waals surface area (Å²) in [5.74, 6) is -2.33. The first kappa shape index (κ1) is 27.8. The van der Waals surface area contributed by atoms with Gasteiger partial charge in [-0.05, 0) is 55.3 Å². The number of benzene rings is 2. The van der Waals surface area contributed by atoms with E-state index in [1.807, 2.05) is 0 Å². The SMILES string of the molecule is Cc1cc(Nc2nc(=O)n(C[C@H](C)C(=O)O)c(=O)n2Cc2ccc(Cl)cc2)ccc1OC(C)C(F)(F)F. The van der Waals surface area contributed by atoms with Crippen molar-refractivity contribution in [2.45, 2.75) is 46.1 Å². The van der Waals surface area contributed by atoms with Crippen LogP contribution in [0.1, 0.15) is 25.0 Å². The van der Waals surface area contributed by atoms with Gasteiger partial charge in [0, 0.05) is 17.3 Å². The first-order valence-corrected chi connectivity index (χ1v) is 11.4. The van der Waals surface area contributed by atoms with E-state index in [-0.39, 0.29) is 24.8 Å². The highest BCUT2D eigenvalue weighted by molar-refractivity contribution is 6.30. The third kappa shape index (κ3) is 6.91. The van der Waals surface area contributed by atoms with Crippen molar-refractivity contribution >= 4 is 29.2 Å². The van der Waals surface area contributed by atoms with Crippen LogP contribution in [-0.2, 0) is 17.9 Å². The molecular weight excluding hydrogens is 517 g/mol. The normalized spacial score (nSPS) is 13.2. The average molecular weight is 541 g/mol. The predicted molar refractivity (Wildman–Crippen MR) is 131 cm³/mol. The molecule has 0 aliphatic heterocycles. The molecule has 0 aliphatic carbocycles. The smallest absolute Gasteiger partial charge is 0.425 e. The van der Waals surface area contributed by atoms with Crippen LogP contribution in [0.2, 0.25) is 5.02 Å². The van der Waals surface area contributed by atoms with Gasteiger partial charge in [-0.2, -0.15) is 18.2 Å². The summed E-state index contributed by atoms with van der Waals surface area (Å²) in [6, 6.07) is 10.8. The van der Waals surface area contributed by atoms with E-state index in [1.54, 1.807) is 31.2 Å². The number of aliphatic carboxylic acids is 1. The van der Waals surface area contributed by atoms with Gasteiger partial charge in [0.15, 0.2) is 6.10 Å². The average Bonchev–Trinajstić information content (AvgIpc) is 2.81. The first-order chi connectivity index (χ1) is 17.3. The van der Waals surface area contributed by atoms with Gasteiger partial charge in [-0.1, -0.05) is 30.7 Å². The summed E-state index contributed by atoms with van der Waals surface area (Å²) in [7, 11) is 0. The molecule has 2 aromatic carbocycles. The van der Waals surface area contributed by atoms with Gasteiger partial charge in [0.1, 0.15) is 5.75 Å². The molecule has 198 valence electrons. The van der Waals surface area contributed by atoms with Crippen molar-refractivity contribution in [1.82, 2.24) is 14.1 Å². The molecule has 2 N–H and O–H groups in total. The van der Waals surface area contributed by atoms with Crippen LogP contribution in [0.3, 0.4) is 0 Å². The highest BCUT2D eigenvalue weighted by Crippen LogP contribution is 2.29. The van der Waals surface area contributed by atoms with Gasteiger partial charge in [0.25, 0.3) is 0 Å². The summed E-state index contributed by atoms with van der Waals surface area (Å²) in [6.07, 6.45) is -6.55. The summed E-state index contributed by atoms with van der Waals surface area (Å²) >= 11 is 5.93. The van der Waals surface area contributed by atoms with Crippen molar-refractivity contribution in [3.05, 3.63) is 79.6 Å². The Balaban J connectivity index is 2.01. The molecule has 3 rings (SSSR count). The van der Waals surface area contributed by atoms with Crippen molar-refractivity contribution in [2.75, 3.05) is 5.32 Å². The van der Waals surface area contributed by atoms with Gasteiger partial charge in [0.05, 0.1) is 12.5 Å². The number of ether oxygens (including phenoxy) is 1. The van der Waals surface area contributed by atoms with Gasteiger partial charge in [-0.15, -0.1) is 0 Å². The van der Waals surface area contributed by atoms with Crippen LogP contribution >= 0.6 is 11.6 Å². The Morgan fingerprint density at radius 2 is 1.78 bits per heavy atom. The number of hydrogen-bond acceptors (Lipinski definition) is 6. The molecule has 9 nitrogen and oxygen atoms in total. The van der Waals surface area contributed by atoms with Crippen LogP contribution in [0.15, 0.2) is 52.1 Å². The summed E-state index contributed by atoms with van der Waals surface area (Å²) in [5.41, 5.74) is -0.396. The fourth-order valence-electron chi connectivity index (χ4n) is 3.29. The van der Waals surface area contributed by atoms with E-state index in [2.05, 4.69) is 10.3 Å². The molecule has 0 saturated carbocycles. The summed E-state index contributed by atoms with van der Waals surface area (Å²) in [5, 5.41) is 12.5. The van der Waals surface area contributed by atoms with Gasteiger partial charge in [-0.25, -0.2) is 14.2 Å². The molecule has 13 heteroatoms. The zero-order valence-corrected chi connectivity index (χ0v) is 20.8. The Labute approximate surface area is 214 Å². The van der Waals surface area contributed by atoms with Gasteiger partial charge in [0.2, 0.25) is 5.95 Å². The molecule has 0 saturated heterocycles. The minimum atomic E-state index is -4.53. The maximum Gasteiger partial charge on any atom is 0.425 e. The monoisotopic (exact) mass is 540 g/mol. The highest BCUT2D eigenvalue weighted by Gasteiger charge is 2.38. The Hall–Kier alpha value is -3.80. The number of carboxylic acid groups (broad SMARTS) is 1. The number of anilines is 2. The van der Waals surface area contributed by atoms with Gasteiger partial charge < -0.3 is 15.2 Å². The Morgan fingerprint density at radius 1 is 1.14 bits per heavy atom. The molecule has 1 unspecified atom stereocenters. The number of hydrogen-bond donors (Lipinski definition) is 2. The van der Waals surface area contributed by atoms with E-state index in [9.17, 15) is 32.7 Å². The summed E-state index contributed by atoms with van der Waals surface area (Å²) in [4.78, 5) is 41.2. The lowest BCUT2D eigenvalue weighted by Crippen LogP contribution is -2.44. The lowest BCUT2D eigenvalue weighted by molar-refractivity contribution is -0.189. The number of nitrogens with zero attached hydrogens (tertiary/aromatic N) is 3. The maximum atomic E-state index is 13.3. The van der Waals surface area contributed by atoms with Crippen LogP contribution in [0.25, 0.3) is 0 Å². The number of halogens is 4. The largest absolute Gasteiger partial charge is 0.481 e. The van der Waals surface area contributed by atoms with Crippen LogP contribution in [0.5, 0.6) is 5.75 Å². The molecule has 0 fully saturated rings. The van der Waals surface area contributed by atoms with Crippen molar-refractivity contribution < 1.29 is 27.8 Å². The topological polar surface area (TPSA) is 115 Å². The molecule has 2 atom stereocenters. The molecule has 0 spiro atoms. The quantitative estimate of drug-likeness (QED) is 0.418. The van der Waals surface area contributed by atoms with E-state index in [0.29, 0.717) is 21.8 Å². The van der Waals surface area contributed by atoms with E-state index in [0.717, 1.165) is 16.1 Å².